The first-order valence-electron chi connectivity index (χ1n) is 8.17. The second-order valence-electron chi connectivity index (χ2n) is 5.77. The Morgan fingerprint density at radius 2 is 1.96 bits per heavy atom. The van der Waals surface area contributed by atoms with Gasteiger partial charge in [0.1, 0.15) is 5.75 Å². The van der Waals surface area contributed by atoms with Gasteiger partial charge >= 0.3 is 0 Å². The zero-order valence-electron chi connectivity index (χ0n) is 14.4. The predicted octanol–water partition coefficient (Wildman–Crippen LogP) is 3.07. The van der Waals surface area contributed by atoms with Crippen LogP contribution < -0.4 is 10.1 Å². The van der Waals surface area contributed by atoms with Crippen molar-refractivity contribution >= 4 is 5.91 Å². The molecule has 0 aliphatic carbocycles. The molecule has 0 atom stereocenters. The number of nitrogens with zero attached hydrogens (tertiary/aromatic N) is 2. The normalized spacial score (nSPS) is 10.5. The molecule has 0 unspecified atom stereocenters. The molecule has 1 amide bonds. The molecule has 0 bridgehead atoms. The maximum atomic E-state index is 12.2. The first kappa shape index (κ1) is 16.8. The summed E-state index contributed by atoms with van der Waals surface area (Å²) in [5.74, 6) is 0.587. The van der Waals surface area contributed by atoms with Gasteiger partial charge in [-0.05, 0) is 41.8 Å². The van der Waals surface area contributed by atoms with E-state index in [-0.39, 0.29) is 5.91 Å². The average Bonchev–Trinajstić information content (AvgIpc) is 3.08. The lowest BCUT2D eigenvalue weighted by atomic mass is 10.1. The predicted molar refractivity (Wildman–Crippen MR) is 97.7 cm³/mol. The Hall–Kier alpha value is -3.08. The smallest absolute Gasteiger partial charge is 0.251 e. The number of ether oxygens (including phenoxy) is 1. The molecular weight excluding hydrogens is 314 g/mol. The number of amides is 1. The summed E-state index contributed by atoms with van der Waals surface area (Å²) in [6.07, 6.45) is 2.57. The number of rotatable bonds is 6. The van der Waals surface area contributed by atoms with Crippen LogP contribution in [-0.4, -0.2) is 29.3 Å². The Morgan fingerprint density at radius 1 is 1.16 bits per heavy atom. The number of aromatic nitrogens is 2. The number of methoxy groups -OCH3 is 1. The lowest BCUT2D eigenvalue weighted by molar-refractivity contribution is 0.0954. The zero-order chi connectivity index (χ0) is 17.6. The second-order valence-corrected chi connectivity index (χ2v) is 5.77. The molecule has 0 fully saturated rings. The fourth-order valence-corrected chi connectivity index (χ4v) is 2.69. The number of benzene rings is 2. The summed E-state index contributed by atoms with van der Waals surface area (Å²) < 4.78 is 6.99. The molecule has 25 heavy (non-hydrogen) atoms. The van der Waals surface area contributed by atoms with Gasteiger partial charge in [0.2, 0.25) is 0 Å². The van der Waals surface area contributed by atoms with Gasteiger partial charge < -0.3 is 10.1 Å². The monoisotopic (exact) mass is 335 g/mol. The molecule has 1 heterocycles. The second kappa shape index (κ2) is 7.66. The van der Waals surface area contributed by atoms with E-state index in [1.54, 1.807) is 25.4 Å². The Kier molecular flexibility index (Phi) is 5.14. The van der Waals surface area contributed by atoms with E-state index < -0.39 is 0 Å². The van der Waals surface area contributed by atoms with Crippen LogP contribution in [0, 0.1) is 0 Å². The largest absolute Gasteiger partial charge is 0.497 e. The standard InChI is InChI=1S/C20H21N3O2/c1-23-19(11-13-22-23)16-8-6-15(7-9-16)10-12-21-20(24)17-4-3-5-18(14-17)25-2/h3-9,11,13-14H,10,12H2,1-2H3,(H,21,24). The summed E-state index contributed by atoms with van der Waals surface area (Å²) in [5.41, 5.74) is 3.99. The van der Waals surface area contributed by atoms with Crippen molar-refractivity contribution in [2.24, 2.45) is 7.05 Å². The molecule has 0 spiro atoms. The molecule has 0 saturated carbocycles. The molecule has 0 radical (unpaired) electrons. The molecule has 0 aliphatic heterocycles. The average molecular weight is 335 g/mol. The molecule has 3 rings (SSSR count). The summed E-state index contributed by atoms with van der Waals surface area (Å²) in [5, 5.41) is 7.13. The highest BCUT2D eigenvalue weighted by Crippen LogP contribution is 2.18. The van der Waals surface area contributed by atoms with Gasteiger partial charge in [-0.25, -0.2) is 0 Å². The van der Waals surface area contributed by atoms with Crippen molar-refractivity contribution in [2.45, 2.75) is 6.42 Å². The highest BCUT2D eigenvalue weighted by Gasteiger charge is 2.06. The topological polar surface area (TPSA) is 56.1 Å². The van der Waals surface area contributed by atoms with Crippen molar-refractivity contribution in [2.75, 3.05) is 13.7 Å². The van der Waals surface area contributed by atoms with Gasteiger partial charge in [0, 0.05) is 25.4 Å². The number of aryl methyl sites for hydroxylation is 1. The summed E-state index contributed by atoms with van der Waals surface area (Å²) in [6, 6.07) is 17.5. The first-order valence-corrected chi connectivity index (χ1v) is 8.17. The van der Waals surface area contributed by atoms with E-state index in [9.17, 15) is 4.79 Å². The molecular formula is C20H21N3O2. The molecule has 0 saturated heterocycles. The minimum Gasteiger partial charge on any atom is -0.497 e. The van der Waals surface area contributed by atoms with Crippen LogP contribution in [0.3, 0.4) is 0 Å². The molecule has 128 valence electrons. The van der Waals surface area contributed by atoms with Gasteiger partial charge in [0.05, 0.1) is 12.8 Å². The number of hydrogen-bond acceptors (Lipinski definition) is 3. The van der Waals surface area contributed by atoms with Gasteiger partial charge in [-0.2, -0.15) is 5.10 Å². The summed E-state index contributed by atoms with van der Waals surface area (Å²) in [4.78, 5) is 12.2. The minimum absolute atomic E-state index is 0.0922. The highest BCUT2D eigenvalue weighted by molar-refractivity contribution is 5.94. The van der Waals surface area contributed by atoms with Gasteiger partial charge in [-0.15, -0.1) is 0 Å². The van der Waals surface area contributed by atoms with E-state index in [4.69, 9.17) is 4.74 Å². The third-order valence-electron chi connectivity index (χ3n) is 4.10. The fraction of sp³-hybridized carbons (Fsp3) is 0.200. The third kappa shape index (κ3) is 4.07. The van der Waals surface area contributed by atoms with E-state index >= 15 is 0 Å². The van der Waals surface area contributed by atoms with Crippen LogP contribution in [0.2, 0.25) is 0 Å². The Balaban J connectivity index is 1.55. The summed E-state index contributed by atoms with van der Waals surface area (Å²) >= 11 is 0. The molecule has 2 aromatic carbocycles. The third-order valence-corrected chi connectivity index (χ3v) is 4.10. The number of carbonyl (C=O) groups excluding carboxylic acids is 1. The maximum absolute atomic E-state index is 12.2. The van der Waals surface area contributed by atoms with Crippen molar-refractivity contribution in [3.05, 3.63) is 71.9 Å². The van der Waals surface area contributed by atoms with Gasteiger partial charge in [-0.3, -0.25) is 9.48 Å². The lowest BCUT2D eigenvalue weighted by Crippen LogP contribution is -2.25. The van der Waals surface area contributed by atoms with Crippen LogP contribution in [0.1, 0.15) is 15.9 Å². The molecule has 3 aromatic rings. The van der Waals surface area contributed by atoms with Gasteiger partial charge in [-0.1, -0.05) is 30.3 Å². The molecule has 1 N–H and O–H groups in total. The van der Waals surface area contributed by atoms with Crippen LogP contribution in [-0.2, 0) is 13.5 Å². The Labute approximate surface area is 147 Å². The maximum Gasteiger partial charge on any atom is 0.251 e. The quantitative estimate of drug-likeness (QED) is 0.753. The molecule has 1 aromatic heterocycles. The van der Waals surface area contributed by atoms with Crippen molar-refractivity contribution in [3.8, 4) is 17.0 Å². The molecule has 5 nitrogen and oxygen atoms in total. The number of carbonyl (C=O) groups is 1. The molecule has 5 heteroatoms. The Bertz CT molecular complexity index is 853. The zero-order valence-corrected chi connectivity index (χ0v) is 14.4. The molecule has 0 aliphatic rings. The van der Waals surface area contributed by atoms with Crippen LogP contribution in [0.4, 0.5) is 0 Å². The first-order chi connectivity index (χ1) is 12.2. The van der Waals surface area contributed by atoms with E-state index in [0.717, 1.165) is 17.7 Å². The fourth-order valence-electron chi connectivity index (χ4n) is 2.69. The van der Waals surface area contributed by atoms with Gasteiger partial charge in [0.15, 0.2) is 0 Å². The lowest BCUT2D eigenvalue weighted by Gasteiger charge is -2.08. The van der Waals surface area contributed by atoms with Gasteiger partial charge in [0.25, 0.3) is 5.91 Å². The number of nitrogens with one attached hydrogen (secondary N) is 1. The van der Waals surface area contributed by atoms with Crippen molar-refractivity contribution in [3.63, 3.8) is 0 Å². The summed E-state index contributed by atoms with van der Waals surface area (Å²) in [7, 11) is 3.52. The SMILES string of the molecule is COc1cccc(C(=O)NCCc2ccc(-c3ccnn3C)cc2)c1. The van der Waals surface area contributed by atoms with E-state index in [2.05, 4.69) is 34.7 Å². The Morgan fingerprint density at radius 3 is 2.64 bits per heavy atom. The number of hydrogen-bond donors (Lipinski definition) is 1. The highest BCUT2D eigenvalue weighted by atomic mass is 16.5. The van der Waals surface area contributed by atoms with Crippen molar-refractivity contribution in [1.82, 2.24) is 15.1 Å². The summed E-state index contributed by atoms with van der Waals surface area (Å²) in [6.45, 7) is 0.584. The minimum atomic E-state index is -0.0922. The van der Waals surface area contributed by atoms with E-state index in [1.165, 1.54) is 5.56 Å². The van der Waals surface area contributed by atoms with Crippen LogP contribution in [0.15, 0.2) is 60.8 Å². The van der Waals surface area contributed by atoms with Crippen LogP contribution in [0.5, 0.6) is 5.75 Å². The van der Waals surface area contributed by atoms with Crippen molar-refractivity contribution in [1.29, 1.82) is 0 Å². The van der Waals surface area contributed by atoms with Crippen LogP contribution in [0.25, 0.3) is 11.3 Å². The van der Waals surface area contributed by atoms with Crippen LogP contribution >= 0.6 is 0 Å². The van der Waals surface area contributed by atoms with E-state index in [1.807, 2.05) is 29.9 Å². The van der Waals surface area contributed by atoms with E-state index in [0.29, 0.717) is 17.9 Å². The van der Waals surface area contributed by atoms with Crippen molar-refractivity contribution < 1.29 is 9.53 Å².